The Bertz CT molecular complexity index is 601. The van der Waals surface area contributed by atoms with E-state index in [0.29, 0.717) is 6.42 Å². The summed E-state index contributed by atoms with van der Waals surface area (Å²) < 4.78 is 15.4. The topological polar surface area (TPSA) is 26.0 Å². The van der Waals surface area contributed by atoms with Crippen molar-refractivity contribution in [2.24, 2.45) is 5.73 Å². The zero-order valence-electron chi connectivity index (χ0n) is 10.5. The average Bonchev–Trinajstić information content (AvgIpc) is 2.36. The molecule has 19 heavy (non-hydrogen) atoms. The molecule has 4 heteroatoms. The predicted octanol–water partition coefficient (Wildman–Crippen LogP) is 4.74. The van der Waals surface area contributed by atoms with E-state index in [1.807, 2.05) is 19.1 Å². The van der Waals surface area contributed by atoms with Crippen LogP contribution >= 0.6 is 38.5 Å². The van der Waals surface area contributed by atoms with E-state index in [0.717, 1.165) is 24.7 Å². The summed E-state index contributed by atoms with van der Waals surface area (Å²) in [5.74, 6) is -0.213. The van der Waals surface area contributed by atoms with Gasteiger partial charge in [-0.1, -0.05) is 22.0 Å². The summed E-state index contributed by atoms with van der Waals surface area (Å²) in [6.07, 6.45) is 0.627. The van der Waals surface area contributed by atoms with Crippen LogP contribution in [0.25, 0.3) is 0 Å². The molecule has 0 saturated carbocycles. The van der Waals surface area contributed by atoms with Crippen LogP contribution in [0, 0.1) is 16.3 Å². The summed E-state index contributed by atoms with van der Waals surface area (Å²) in [6.45, 7) is 1.98. The molecule has 0 bridgehead atoms. The number of halogens is 3. The minimum atomic E-state index is -0.213. The zero-order valence-corrected chi connectivity index (χ0v) is 14.2. The van der Waals surface area contributed by atoms with Crippen LogP contribution in [0.15, 0.2) is 40.9 Å². The Morgan fingerprint density at radius 2 is 2.00 bits per heavy atom. The third kappa shape index (κ3) is 3.77. The van der Waals surface area contributed by atoms with Gasteiger partial charge in [-0.25, -0.2) is 4.39 Å². The van der Waals surface area contributed by atoms with Crippen LogP contribution in [0.3, 0.4) is 0 Å². The van der Waals surface area contributed by atoms with Crippen molar-refractivity contribution >= 4 is 38.5 Å². The average molecular weight is 434 g/mol. The molecule has 1 unspecified atom stereocenters. The molecular formula is C15H14BrFIN. The van der Waals surface area contributed by atoms with E-state index < -0.39 is 0 Å². The zero-order chi connectivity index (χ0) is 14.0. The van der Waals surface area contributed by atoms with E-state index in [9.17, 15) is 4.39 Å². The molecule has 2 N–H and O–H groups in total. The smallest absolute Gasteiger partial charge is 0.123 e. The highest BCUT2D eigenvalue weighted by atomic mass is 127. The molecule has 1 atom stereocenters. The van der Waals surface area contributed by atoms with Crippen molar-refractivity contribution in [1.82, 2.24) is 0 Å². The minimum absolute atomic E-state index is 0.149. The van der Waals surface area contributed by atoms with E-state index in [4.69, 9.17) is 5.73 Å². The highest BCUT2D eigenvalue weighted by Crippen LogP contribution is 2.27. The second-order valence-corrected chi connectivity index (χ2v) is 6.65. The third-order valence-corrected chi connectivity index (χ3v) is 4.50. The van der Waals surface area contributed by atoms with Crippen LogP contribution < -0.4 is 5.73 Å². The van der Waals surface area contributed by atoms with Crippen molar-refractivity contribution < 1.29 is 4.39 Å². The van der Waals surface area contributed by atoms with Gasteiger partial charge < -0.3 is 5.73 Å². The van der Waals surface area contributed by atoms with Crippen molar-refractivity contribution in [2.75, 3.05) is 0 Å². The summed E-state index contributed by atoms with van der Waals surface area (Å²) in [7, 11) is 0. The molecular weight excluding hydrogens is 420 g/mol. The van der Waals surface area contributed by atoms with Crippen molar-refractivity contribution in [3.8, 4) is 0 Å². The van der Waals surface area contributed by atoms with Crippen LogP contribution in [0.1, 0.15) is 22.7 Å². The normalized spacial score (nSPS) is 12.5. The first-order valence-electron chi connectivity index (χ1n) is 5.93. The maximum absolute atomic E-state index is 13.3. The number of nitrogens with two attached hydrogens (primary N) is 1. The number of hydrogen-bond acceptors (Lipinski definition) is 1. The molecule has 0 radical (unpaired) electrons. The Morgan fingerprint density at radius 3 is 2.74 bits per heavy atom. The van der Waals surface area contributed by atoms with Gasteiger partial charge in [-0.2, -0.15) is 0 Å². The fourth-order valence-corrected chi connectivity index (χ4v) is 3.06. The molecule has 2 aromatic carbocycles. The Labute approximate surface area is 134 Å². The molecule has 0 aliphatic rings. The van der Waals surface area contributed by atoms with Crippen molar-refractivity contribution in [3.05, 3.63) is 66.9 Å². The summed E-state index contributed by atoms with van der Waals surface area (Å²) in [5.41, 5.74) is 9.34. The summed E-state index contributed by atoms with van der Waals surface area (Å²) >= 11 is 5.78. The molecule has 100 valence electrons. The molecule has 2 aromatic rings. The first-order valence-corrected chi connectivity index (χ1v) is 7.80. The van der Waals surface area contributed by atoms with Gasteiger partial charge in [0.1, 0.15) is 5.82 Å². The molecule has 0 aliphatic heterocycles. The second-order valence-electron chi connectivity index (χ2n) is 4.55. The minimum Gasteiger partial charge on any atom is -0.324 e. The van der Waals surface area contributed by atoms with E-state index >= 15 is 0 Å². The first kappa shape index (κ1) is 14.9. The standard InChI is InChI=1S/C15H14BrFIN/c1-9-2-3-11(17)6-10(9)7-15(19)13-8-12(18)4-5-14(13)16/h2-6,8,15H,7,19H2,1H3. The van der Waals surface area contributed by atoms with Gasteiger partial charge in [0, 0.05) is 14.1 Å². The number of hydrogen-bond donors (Lipinski definition) is 1. The Balaban J connectivity index is 2.27. The van der Waals surface area contributed by atoms with Gasteiger partial charge in [0.25, 0.3) is 0 Å². The molecule has 0 aromatic heterocycles. The summed E-state index contributed by atoms with van der Waals surface area (Å²) in [5, 5.41) is 0. The summed E-state index contributed by atoms with van der Waals surface area (Å²) in [4.78, 5) is 0. The van der Waals surface area contributed by atoms with E-state index in [-0.39, 0.29) is 11.9 Å². The van der Waals surface area contributed by atoms with E-state index in [1.54, 1.807) is 12.1 Å². The van der Waals surface area contributed by atoms with Crippen LogP contribution in [-0.4, -0.2) is 0 Å². The molecule has 0 saturated heterocycles. The number of aryl methyl sites for hydroxylation is 1. The fraction of sp³-hybridized carbons (Fsp3) is 0.200. The first-order chi connectivity index (χ1) is 8.97. The van der Waals surface area contributed by atoms with Gasteiger partial charge in [-0.3, -0.25) is 0 Å². The number of benzene rings is 2. The monoisotopic (exact) mass is 433 g/mol. The van der Waals surface area contributed by atoms with Crippen LogP contribution in [-0.2, 0) is 6.42 Å². The van der Waals surface area contributed by atoms with Gasteiger partial charge in [-0.15, -0.1) is 0 Å². The third-order valence-electron chi connectivity index (χ3n) is 3.11. The lowest BCUT2D eigenvalue weighted by molar-refractivity contribution is 0.620. The van der Waals surface area contributed by atoms with Gasteiger partial charge in [0.05, 0.1) is 0 Å². The fourth-order valence-electron chi connectivity index (χ4n) is 2.01. The molecule has 1 nitrogen and oxygen atoms in total. The number of rotatable bonds is 3. The van der Waals surface area contributed by atoms with Gasteiger partial charge in [-0.05, 0) is 83.0 Å². The predicted molar refractivity (Wildman–Crippen MR) is 88.6 cm³/mol. The van der Waals surface area contributed by atoms with Crippen LogP contribution in [0.2, 0.25) is 0 Å². The largest absolute Gasteiger partial charge is 0.324 e. The van der Waals surface area contributed by atoms with Gasteiger partial charge in [0.2, 0.25) is 0 Å². The lowest BCUT2D eigenvalue weighted by atomic mass is 9.97. The SMILES string of the molecule is Cc1ccc(F)cc1CC(N)c1cc(I)ccc1Br. The highest BCUT2D eigenvalue weighted by molar-refractivity contribution is 14.1. The Hall–Kier alpha value is -0.460. The molecule has 0 amide bonds. The van der Waals surface area contributed by atoms with Crippen molar-refractivity contribution in [2.45, 2.75) is 19.4 Å². The molecule has 0 fully saturated rings. The van der Waals surface area contributed by atoms with Crippen molar-refractivity contribution in [1.29, 1.82) is 0 Å². The molecule has 0 heterocycles. The van der Waals surface area contributed by atoms with Gasteiger partial charge >= 0.3 is 0 Å². The Kier molecular flexibility index (Phi) is 4.97. The van der Waals surface area contributed by atoms with E-state index in [1.165, 1.54) is 6.07 Å². The quantitative estimate of drug-likeness (QED) is 0.695. The molecule has 0 spiro atoms. The molecule has 0 aliphatic carbocycles. The highest BCUT2D eigenvalue weighted by Gasteiger charge is 2.13. The van der Waals surface area contributed by atoms with Crippen molar-refractivity contribution in [3.63, 3.8) is 0 Å². The maximum atomic E-state index is 13.3. The summed E-state index contributed by atoms with van der Waals surface area (Å²) in [6, 6.07) is 10.8. The van der Waals surface area contributed by atoms with E-state index in [2.05, 4.69) is 44.6 Å². The Morgan fingerprint density at radius 1 is 1.26 bits per heavy atom. The second kappa shape index (κ2) is 6.33. The lowest BCUT2D eigenvalue weighted by Gasteiger charge is -2.16. The van der Waals surface area contributed by atoms with Crippen LogP contribution in [0.4, 0.5) is 4.39 Å². The van der Waals surface area contributed by atoms with Gasteiger partial charge in [0.15, 0.2) is 0 Å². The van der Waals surface area contributed by atoms with Crippen LogP contribution in [0.5, 0.6) is 0 Å². The molecule has 2 rings (SSSR count). The lowest BCUT2D eigenvalue weighted by Crippen LogP contribution is -2.15. The maximum Gasteiger partial charge on any atom is 0.123 e.